The van der Waals surface area contributed by atoms with E-state index in [1.165, 1.54) is 23.9 Å². The lowest BCUT2D eigenvalue weighted by molar-refractivity contribution is -0.123. The van der Waals surface area contributed by atoms with E-state index < -0.39 is 18.6 Å². The smallest absolute Gasteiger partial charge is 0.343 e. The molecule has 1 aromatic heterocycles. The molecule has 0 bridgehead atoms. The Morgan fingerprint density at radius 1 is 1.09 bits per heavy atom. The molecule has 32 heavy (non-hydrogen) atoms. The van der Waals surface area contributed by atoms with Gasteiger partial charge in [0.25, 0.3) is 5.91 Å². The van der Waals surface area contributed by atoms with Crippen molar-refractivity contribution >= 4 is 29.3 Å². The Labute approximate surface area is 187 Å². The van der Waals surface area contributed by atoms with Crippen molar-refractivity contribution in [3.8, 4) is 5.69 Å². The van der Waals surface area contributed by atoms with Gasteiger partial charge >= 0.3 is 6.18 Å². The van der Waals surface area contributed by atoms with E-state index >= 15 is 0 Å². The summed E-state index contributed by atoms with van der Waals surface area (Å²) in [6.07, 6.45) is -1.03. The van der Waals surface area contributed by atoms with Gasteiger partial charge < -0.3 is 10.6 Å². The second-order valence-corrected chi connectivity index (χ2v) is 7.97. The maximum Gasteiger partial charge on any atom is 0.405 e. The van der Waals surface area contributed by atoms with Crippen LogP contribution >= 0.6 is 11.8 Å². The second-order valence-electron chi connectivity index (χ2n) is 7.03. The van der Waals surface area contributed by atoms with E-state index in [4.69, 9.17) is 0 Å². The Balaban J connectivity index is 1.64. The first-order chi connectivity index (χ1) is 15.1. The lowest BCUT2D eigenvalue weighted by Crippen LogP contribution is -2.33. The average Bonchev–Trinajstić information content (AvgIpc) is 3.20. The predicted octanol–water partition coefficient (Wildman–Crippen LogP) is 4.51. The third kappa shape index (κ3) is 6.13. The number of thioether (sulfide) groups is 1. The SMILES string of the molecule is Cc1ccc(C(=O)NCC(F)(F)F)cc1NC(=O)CSc1nccn1-c1ccccc1C. The zero-order valence-electron chi connectivity index (χ0n) is 17.4. The number of nitrogens with zero attached hydrogens (tertiary/aromatic N) is 2. The van der Waals surface area contributed by atoms with Crippen LogP contribution in [0.2, 0.25) is 0 Å². The van der Waals surface area contributed by atoms with E-state index in [1.54, 1.807) is 19.2 Å². The highest BCUT2D eigenvalue weighted by Crippen LogP contribution is 2.23. The Hall–Kier alpha value is -3.27. The van der Waals surface area contributed by atoms with Gasteiger partial charge in [-0.1, -0.05) is 36.0 Å². The number of anilines is 1. The molecule has 3 rings (SSSR count). The summed E-state index contributed by atoms with van der Waals surface area (Å²) in [5.41, 5.74) is 3.09. The lowest BCUT2D eigenvalue weighted by atomic mass is 10.1. The molecule has 2 aromatic carbocycles. The minimum absolute atomic E-state index is 0.0258. The fourth-order valence-corrected chi connectivity index (χ4v) is 3.68. The van der Waals surface area contributed by atoms with Crippen LogP contribution in [-0.2, 0) is 4.79 Å². The van der Waals surface area contributed by atoms with Crippen LogP contribution in [0.15, 0.2) is 60.0 Å². The molecule has 0 aliphatic heterocycles. The number of nitrogens with one attached hydrogen (secondary N) is 2. The fourth-order valence-electron chi connectivity index (χ4n) is 2.91. The van der Waals surface area contributed by atoms with E-state index in [9.17, 15) is 22.8 Å². The van der Waals surface area contributed by atoms with Crippen molar-refractivity contribution in [3.63, 3.8) is 0 Å². The number of halogens is 3. The van der Waals surface area contributed by atoms with E-state index in [-0.39, 0.29) is 17.2 Å². The highest BCUT2D eigenvalue weighted by atomic mass is 32.2. The Morgan fingerprint density at radius 3 is 2.56 bits per heavy atom. The minimum atomic E-state index is -4.50. The number of carbonyl (C=O) groups excluding carboxylic acids is 2. The number of rotatable bonds is 7. The van der Waals surface area contributed by atoms with Crippen LogP contribution in [0.5, 0.6) is 0 Å². The number of hydrogen-bond acceptors (Lipinski definition) is 4. The quantitative estimate of drug-likeness (QED) is 0.507. The molecule has 0 spiro atoms. The average molecular weight is 462 g/mol. The summed E-state index contributed by atoms with van der Waals surface area (Å²) in [5.74, 6) is -1.13. The molecule has 10 heteroatoms. The summed E-state index contributed by atoms with van der Waals surface area (Å²) < 4.78 is 38.9. The maximum atomic E-state index is 12.5. The van der Waals surface area contributed by atoms with Gasteiger partial charge in [-0.2, -0.15) is 13.2 Å². The summed E-state index contributed by atoms with van der Waals surface area (Å²) in [6, 6.07) is 12.1. The Kier molecular flexibility index (Phi) is 7.24. The van der Waals surface area contributed by atoms with Crippen LogP contribution in [0.3, 0.4) is 0 Å². The van der Waals surface area contributed by atoms with Gasteiger partial charge in [-0.3, -0.25) is 14.2 Å². The minimum Gasteiger partial charge on any atom is -0.343 e. The van der Waals surface area contributed by atoms with Crippen molar-refractivity contribution in [3.05, 3.63) is 71.5 Å². The maximum absolute atomic E-state index is 12.5. The van der Waals surface area contributed by atoms with Gasteiger partial charge in [0.2, 0.25) is 5.91 Å². The third-order valence-corrected chi connectivity index (χ3v) is 5.50. The number of imidazole rings is 1. The zero-order valence-corrected chi connectivity index (χ0v) is 18.2. The van der Waals surface area contributed by atoms with Crippen LogP contribution in [-0.4, -0.2) is 39.8 Å². The molecule has 2 N–H and O–H groups in total. The van der Waals surface area contributed by atoms with Crippen LogP contribution in [0.1, 0.15) is 21.5 Å². The van der Waals surface area contributed by atoms with Crippen molar-refractivity contribution in [1.82, 2.24) is 14.9 Å². The third-order valence-electron chi connectivity index (χ3n) is 4.54. The molecule has 0 aliphatic carbocycles. The number of para-hydroxylation sites is 1. The molecular formula is C22H21F3N4O2S. The highest BCUT2D eigenvalue weighted by molar-refractivity contribution is 7.99. The predicted molar refractivity (Wildman–Crippen MR) is 117 cm³/mol. The summed E-state index contributed by atoms with van der Waals surface area (Å²) in [6.45, 7) is 2.29. The van der Waals surface area contributed by atoms with Crippen LogP contribution in [0, 0.1) is 13.8 Å². The van der Waals surface area contributed by atoms with E-state index in [1.807, 2.05) is 47.3 Å². The molecular weight excluding hydrogens is 441 g/mol. The summed E-state index contributed by atoms with van der Waals surface area (Å²) in [5, 5.41) is 5.17. The van der Waals surface area contributed by atoms with Crippen molar-refractivity contribution in [2.24, 2.45) is 0 Å². The Morgan fingerprint density at radius 2 is 1.84 bits per heavy atom. The van der Waals surface area contributed by atoms with E-state index in [0.717, 1.165) is 11.3 Å². The first kappa shape index (κ1) is 23.4. The Bertz CT molecular complexity index is 1130. The summed E-state index contributed by atoms with van der Waals surface area (Å²) in [7, 11) is 0. The van der Waals surface area contributed by atoms with Crippen LogP contribution < -0.4 is 10.6 Å². The van der Waals surface area contributed by atoms with Gasteiger partial charge in [0.1, 0.15) is 6.54 Å². The molecule has 6 nitrogen and oxygen atoms in total. The normalized spacial score (nSPS) is 11.3. The number of aromatic nitrogens is 2. The van der Waals surface area contributed by atoms with E-state index in [0.29, 0.717) is 16.4 Å². The van der Waals surface area contributed by atoms with Gasteiger partial charge in [0, 0.05) is 23.6 Å². The van der Waals surface area contributed by atoms with Crippen molar-refractivity contribution < 1.29 is 22.8 Å². The largest absolute Gasteiger partial charge is 0.405 e. The van der Waals surface area contributed by atoms with Crippen molar-refractivity contribution in [2.45, 2.75) is 25.2 Å². The molecule has 1 heterocycles. The molecule has 0 radical (unpaired) electrons. The van der Waals surface area contributed by atoms with Gasteiger partial charge in [-0.05, 0) is 43.2 Å². The zero-order chi connectivity index (χ0) is 23.3. The van der Waals surface area contributed by atoms with Gasteiger partial charge in [0.15, 0.2) is 5.16 Å². The standard InChI is InChI=1S/C22H21F3N4O2S/c1-14-7-8-16(20(31)27-13-22(23,24)25)11-17(14)28-19(30)12-32-21-26-9-10-29(21)18-6-4-3-5-15(18)2/h3-11H,12-13H2,1-2H3,(H,27,31)(H,28,30). The number of amides is 2. The molecule has 0 atom stereocenters. The lowest BCUT2D eigenvalue weighted by Gasteiger charge is -2.12. The fraction of sp³-hybridized carbons (Fsp3) is 0.227. The number of aryl methyl sites for hydroxylation is 2. The van der Waals surface area contributed by atoms with Crippen LogP contribution in [0.25, 0.3) is 5.69 Å². The number of hydrogen-bond donors (Lipinski definition) is 2. The van der Waals surface area contributed by atoms with E-state index in [2.05, 4.69) is 10.3 Å². The monoisotopic (exact) mass is 462 g/mol. The molecule has 0 saturated carbocycles. The van der Waals surface area contributed by atoms with Crippen molar-refractivity contribution in [2.75, 3.05) is 17.6 Å². The number of benzene rings is 2. The van der Waals surface area contributed by atoms with Crippen LogP contribution in [0.4, 0.5) is 18.9 Å². The summed E-state index contributed by atoms with van der Waals surface area (Å²) in [4.78, 5) is 28.8. The van der Waals surface area contributed by atoms with Gasteiger partial charge in [-0.15, -0.1) is 0 Å². The molecule has 0 aliphatic rings. The first-order valence-electron chi connectivity index (χ1n) is 9.61. The number of alkyl halides is 3. The summed E-state index contributed by atoms with van der Waals surface area (Å²) >= 11 is 1.25. The topological polar surface area (TPSA) is 76.0 Å². The van der Waals surface area contributed by atoms with Gasteiger partial charge in [-0.25, -0.2) is 4.98 Å². The van der Waals surface area contributed by atoms with Crippen molar-refractivity contribution in [1.29, 1.82) is 0 Å². The number of carbonyl (C=O) groups is 2. The second kappa shape index (κ2) is 9.90. The molecule has 3 aromatic rings. The molecule has 0 fully saturated rings. The van der Waals surface area contributed by atoms with Gasteiger partial charge in [0.05, 0.1) is 11.4 Å². The first-order valence-corrected chi connectivity index (χ1v) is 10.6. The molecule has 2 amide bonds. The molecule has 0 saturated heterocycles. The molecule has 168 valence electrons. The highest BCUT2D eigenvalue weighted by Gasteiger charge is 2.28. The molecule has 0 unspecified atom stereocenters.